The minimum Gasteiger partial charge on any atom is -0.463 e. The van der Waals surface area contributed by atoms with Crippen LogP contribution in [0.3, 0.4) is 0 Å². The molecule has 1 atom stereocenters. The van der Waals surface area contributed by atoms with Gasteiger partial charge in [0.2, 0.25) is 0 Å². The normalized spacial score (nSPS) is 12.7. The molecule has 4 heteroatoms. The van der Waals surface area contributed by atoms with E-state index in [1.54, 1.807) is 0 Å². The molecule has 1 unspecified atom stereocenters. The summed E-state index contributed by atoms with van der Waals surface area (Å²) >= 11 is 0. The third-order valence-corrected chi connectivity index (χ3v) is 2.89. The third-order valence-electron chi connectivity index (χ3n) is 2.89. The van der Waals surface area contributed by atoms with Crippen molar-refractivity contribution in [3.05, 3.63) is 0 Å². The van der Waals surface area contributed by atoms with Crippen LogP contribution in [0.25, 0.3) is 0 Å². The number of carbonyl (C=O) groups excluding carboxylic acids is 1. The van der Waals surface area contributed by atoms with Crippen LogP contribution < -0.4 is 6.15 Å². The average Bonchev–Trinajstić information content (AvgIpc) is 2.24. The monoisotopic (exact) mass is 261 g/mol. The highest BCUT2D eigenvalue weighted by molar-refractivity contribution is 5.69. The molecule has 4 nitrogen and oxygen atoms in total. The van der Waals surface area contributed by atoms with E-state index in [0.29, 0.717) is 6.42 Å². The second kappa shape index (κ2) is 10.3. The first-order valence-electron chi connectivity index (χ1n) is 6.71. The number of carbonyl (C=O) groups is 1. The van der Waals surface area contributed by atoms with Crippen LogP contribution in [0.4, 0.5) is 0 Å². The van der Waals surface area contributed by atoms with Gasteiger partial charge < -0.3 is 16.0 Å². The van der Waals surface area contributed by atoms with Gasteiger partial charge in [0.1, 0.15) is 6.61 Å². The first kappa shape index (κ1) is 19.7. The Morgan fingerprint density at radius 2 is 1.72 bits per heavy atom. The van der Waals surface area contributed by atoms with Crippen LogP contribution in [0.2, 0.25) is 0 Å². The summed E-state index contributed by atoms with van der Waals surface area (Å²) in [4.78, 5) is 11.4. The van der Waals surface area contributed by atoms with Gasteiger partial charge in [0.15, 0.2) is 0 Å². The number of ether oxygens (including phenoxy) is 1. The van der Waals surface area contributed by atoms with Gasteiger partial charge in [-0.2, -0.15) is 0 Å². The highest BCUT2D eigenvalue weighted by Gasteiger charge is 2.23. The number of rotatable bonds is 8. The first-order chi connectivity index (χ1) is 7.88. The van der Waals surface area contributed by atoms with Crippen LogP contribution in [0, 0.1) is 5.41 Å². The predicted octanol–water partition coefficient (Wildman–Crippen LogP) is 3.46. The van der Waals surface area contributed by atoms with Crippen LogP contribution in [0.15, 0.2) is 0 Å². The molecule has 0 aliphatic heterocycles. The molecule has 0 spiro atoms. The maximum atomic E-state index is 11.4. The molecular formula is C14H31NO3. The van der Waals surface area contributed by atoms with Gasteiger partial charge in [0.25, 0.3) is 0 Å². The van der Waals surface area contributed by atoms with Crippen molar-refractivity contribution in [2.75, 3.05) is 6.61 Å². The van der Waals surface area contributed by atoms with Crippen molar-refractivity contribution < 1.29 is 14.6 Å². The Morgan fingerprint density at radius 3 is 2.22 bits per heavy atom. The summed E-state index contributed by atoms with van der Waals surface area (Å²) in [6.07, 6.45) is 5.50. The van der Waals surface area contributed by atoms with Crippen molar-refractivity contribution in [3.63, 3.8) is 0 Å². The molecule has 0 aromatic heterocycles. The molecule has 0 bridgehead atoms. The molecule has 0 rings (SSSR count). The van der Waals surface area contributed by atoms with Crippen LogP contribution in [-0.4, -0.2) is 23.8 Å². The van der Waals surface area contributed by atoms with Crippen molar-refractivity contribution in [2.24, 2.45) is 5.41 Å². The topological polar surface area (TPSA) is 81.5 Å². The molecule has 0 radical (unpaired) electrons. The van der Waals surface area contributed by atoms with E-state index in [1.165, 1.54) is 19.3 Å². The standard InChI is InChI=1S/C14H28O3.H3N/c1-5-6-7-8-9-10-13(16)17-11-12(15)14(2,3)4;/h12,15H,5-11H2,1-4H3;1H3. The van der Waals surface area contributed by atoms with E-state index in [4.69, 9.17) is 4.74 Å². The lowest BCUT2D eigenvalue weighted by Gasteiger charge is -2.25. The third kappa shape index (κ3) is 10.5. The SMILES string of the molecule is CCCCCCCC(=O)OCC(O)C(C)(C)C.N. The summed E-state index contributed by atoms with van der Waals surface area (Å²) < 4.78 is 5.05. The molecule has 0 aliphatic carbocycles. The van der Waals surface area contributed by atoms with Gasteiger partial charge in [-0.15, -0.1) is 0 Å². The zero-order chi connectivity index (χ0) is 13.3. The van der Waals surface area contributed by atoms with E-state index in [-0.39, 0.29) is 24.1 Å². The summed E-state index contributed by atoms with van der Waals surface area (Å²) in [5.41, 5.74) is -0.235. The van der Waals surface area contributed by atoms with Gasteiger partial charge >= 0.3 is 5.97 Å². The molecule has 18 heavy (non-hydrogen) atoms. The fourth-order valence-electron chi connectivity index (χ4n) is 1.37. The van der Waals surface area contributed by atoms with Crippen molar-refractivity contribution in [3.8, 4) is 0 Å². The summed E-state index contributed by atoms with van der Waals surface area (Å²) in [5.74, 6) is -0.190. The van der Waals surface area contributed by atoms with E-state index in [1.807, 2.05) is 20.8 Å². The Kier molecular flexibility index (Phi) is 11.3. The smallest absolute Gasteiger partial charge is 0.305 e. The highest BCUT2D eigenvalue weighted by atomic mass is 16.5. The zero-order valence-electron chi connectivity index (χ0n) is 12.5. The van der Waals surface area contributed by atoms with Gasteiger partial charge in [0.05, 0.1) is 6.10 Å². The summed E-state index contributed by atoms with van der Waals surface area (Å²) in [7, 11) is 0. The number of hydrogen-bond donors (Lipinski definition) is 2. The molecular weight excluding hydrogens is 230 g/mol. The summed E-state index contributed by atoms with van der Waals surface area (Å²) in [6, 6.07) is 0. The molecule has 0 amide bonds. The fourth-order valence-corrected chi connectivity index (χ4v) is 1.37. The van der Waals surface area contributed by atoms with Gasteiger partial charge in [0, 0.05) is 6.42 Å². The highest BCUT2D eigenvalue weighted by Crippen LogP contribution is 2.19. The van der Waals surface area contributed by atoms with Crippen LogP contribution >= 0.6 is 0 Å². The number of unbranched alkanes of at least 4 members (excludes halogenated alkanes) is 4. The molecule has 0 saturated carbocycles. The fraction of sp³-hybridized carbons (Fsp3) is 0.929. The lowest BCUT2D eigenvalue weighted by Crippen LogP contribution is -2.31. The van der Waals surface area contributed by atoms with Crippen LogP contribution in [0.1, 0.15) is 66.2 Å². The molecule has 0 saturated heterocycles. The Morgan fingerprint density at radius 1 is 1.17 bits per heavy atom. The Hall–Kier alpha value is -0.610. The van der Waals surface area contributed by atoms with Crippen LogP contribution in [0.5, 0.6) is 0 Å². The minimum absolute atomic E-state index is 0. The van der Waals surface area contributed by atoms with E-state index in [2.05, 4.69) is 6.92 Å². The van der Waals surface area contributed by atoms with Crippen molar-refractivity contribution in [1.82, 2.24) is 6.15 Å². The number of aliphatic hydroxyl groups is 1. The molecule has 0 aliphatic rings. The molecule has 110 valence electrons. The van der Waals surface area contributed by atoms with E-state index in [9.17, 15) is 9.90 Å². The Bertz CT molecular complexity index is 212. The minimum atomic E-state index is -0.591. The first-order valence-corrected chi connectivity index (χ1v) is 6.71. The number of hydrogen-bond acceptors (Lipinski definition) is 4. The zero-order valence-corrected chi connectivity index (χ0v) is 12.5. The van der Waals surface area contributed by atoms with E-state index in [0.717, 1.165) is 12.8 Å². The summed E-state index contributed by atoms with van der Waals surface area (Å²) in [6.45, 7) is 8.06. The Balaban J connectivity index is 0. The van der Waals surface area contributed by atoms with Gasteiger partial charge in [-0.1, -0.05) is 53.4 Å². The predicted molar refractivity (Wildman–Crippen MR) is 74.8 cm³/mol. The van der Waals surface area contributed by atoms with E-state index >= 15 is 0 Å². The maximum absolute atomic E-state index is 11.4. The molecule has 0 aromatic carbocycles. The number of aliphatic hydroxyl groups excluding tert-OH is 1. The summed E-state index contributed by atoms with van der Waals surface area (Å²) in [5, 5.41) is 9.70. The molecule has 0 aromatic rings. The number of esters is 1. The second-order valence-electron chi connectivity index (χ2n) is 5.73. The van der Waals surface area contributed by atoms with Crippen molar-refractivity contribution in [2.45, 2.75) is 72.3 Å². The Labute approximate surface area is 112 Å². The van der Waals surface area contributed by atoms with Gasteiger partial charge in [-0.25, -0.2) is 0 Å². The van der Waals surface area contributed by atoms with Crippen molar-refractivity contribution >= 4 is 5.97 Å². The van der Waals surface area contributed by atoms with E-state index < -0.39 is 6.10 Å². The lowest BCUT2D eigenvalue weighted by molar-refractivity contribution is -0.148. The molecule has 0 fully saturated rings. The van der Waals surface area contributed by atoms with Gasteiger partial charge in [-0.05, 0) is 11.8 Å². The molecule has 4 N–H and O–H groups in total. The quantitative estimate of drug-likeness (QED) is 0.518. The average molecular weight is 261 g/mol. The van der Waals surface area contributed by atoms with Gasteiger partial charge in [-0.3, -0.25) is 4.79 Å². The van der Waals surface area contributed by atoms with Crippen LogP contribution in [-0.2, 0) is 9.53 Å². The molecule has 0 heterocycles. The maximum Gasteiger partial charge on any atom is 0.305 e. The van der Waals surface area contributed by atoms with Crippen molar-refractivity contribution in [1.29, 1.82) is 0 Å². The lowest BCUT2D eigenvalue weighted by atomic mass is 9.90. The second-order valence-corrected chi connectivity index (χ2v) is 5.73. The largest absolute Gasteiger partial charge is 0.463 e.